The van der Waals surface area contributed by atoms with E-state index in [1.54, 1.807) is 0 Å². The largest absolute Gasteiger partial charge is 0.438 e. The highest BCUT2D eigenvalue weighted by Gasteiger charge is 2.32. The van der Waals surface area contributed by atoms with Crippen LogP contribution in [0.1, 0.15) is 45.9 Å². The summed E-state index contributed by atoms with van der Waals surface area (Å²) in [4.78, 5) is 21.3. The standard InChI is InChI=1S/C25H33N5O2/c1-18-22(16-29(4)27-18)15-28(3)23(14-20-8-6-5-7-9-20)21-10-12-30(13-11-21)25(31)24-19(2)26-17-32-24/h5-9,16-17,21,23H,10-15H2,1-4H3. The van der Waals surface area contributed by atoms with Crippen molar-refractivity contribution in [2.45, 2.75) is 45.7 Å². The average Bonchev–Trinajstić information content (AvgIpc) is 3.36. The summed E-state index contributed by atoms with van der Waals surface area (Å²) < 4.78 is 7.22. The molecule has 0 bridgehead atoms. The highest BCUT2D eigenvalue weighted by Crippen LogP contribution is 2.28. The fourth-order valence-electron chi connectivity index (χ4n) is 4.87. The van der Waals surface area contributed by atoms with E-state index in [1.165, 1.54) is 17.5 Å². The van der Waals surface area contributed by atoms with Gasteiger partial charge in [-0.05, 0) is 51.6 Å². The summed E-state index contributed by atoms with van der Waals surface area (Å²) in [5, 5.41) is 4.51. The molecule has 0 radical (unpaired) electrons. The van der Waals surface area contributed by atoms with Crippen LogP contribution < -0.4 is 0 Å². The Bertz CT molecular complexity index is 1030. The number of nitrogens with zero attached hydrogens (tertiary/aromatic N) is 5. The van der Waals surface area contributed by atoms with Crippen molar-refractivity contribution < 1.29 is 9.21 Å². The number of oxazole rings is 1. The van der Waals surface area contributed by atoms with Gasteiger partial charge in [0.05, 0.1) is 11.4 Å². The number of likely N-dealkylation sites (tertiary alicyclic amines) is 1. The zero-order chi connectivity index (χ0) is 22.7. The van der Waals surface area contributed by atoms with Gasteiger partial charge in [-0.1, -0.05) is 30.3 Å². The molecule has 0 aliphatic carbocycles. The zero-order valence-electron chi connectivity index (χ0n) is 19.5. The van der Waals surface area contributed by atoms with E-state index in [0.29, 0.717) is 23.4 Å². The van der Waals surface area contributed by atoms with Crippen LogP contribution in [0.25, 0.3) is 0 Å². The number of aromatic nitrogens is 3. The first kappa shape index (κ1) is 22.3. The average molecular weight is 436 g/mol. The molecular weight excluding hydrogens is 402 g/mol. The molecule has 0 saturated carbocycles. The van der Waals surface area contributed by atoms with Crippen molar-refractivity contribution in [2.75, 3.05) is 20.1 Å². The number of rotatable bonds is 7. The molecule has 170 valence electrons. The zero-order valence-corrected chi connectivity index (χ0v) is 19.5. The van der Waals surface area contributed by atoms with E-state index in [4.69, 9.17) is 4.42 Å². The highest BCUT2D eigenvalue weighted by molar-refractivity contribution is 5.92. The number of aryl methyl sites for hydroxylation is 3. The molecule has 1 atom stereocenters. The van der Waals surface area contributed by atoms with Crippen LogP contribution in [0.2, 0.25) is 0 Å². The van der Waals surface area contributed by atoms with Crippen molar-refractivity contribution >= 4 is 5.91 Å². The Morgan fingerprint density at radius 3 is 2.50 bits per heavy atom. The maximum absolute atomic E-state index is 12.8. The normalized spacial score (nSPS) is 16.0. The van der Waals surface area contributed by atoms with Gasteiger partial charge in [-0.15, -0.1) is 0 Å². The lowest BCUT2D eigenvalue weighted by Gasteiger charge is -2.40. The van der Waals surface area contributed by atoms with Gasteiger partial charge < -0.3 is 9.32 Å². The summed E-state index contributed by atoms with van der Waals surface area (Å²) >= 11 is 0. The third-order valence-electron chi connectivity index (χ3n) is 6.70. The Morgan fingerprint density at radius 1 is 1.19 bits per heavy atom. The lowest BCUT2D eigenvalue weighted by atomic mass is 9.84. The molecule has 7 heteroatoms. The maximum Gasteiger partial charge on any atom is 0.291 e. The van der Waals surface area contributed by atoms with Crippen molar-refractivity contribution in [1.29, 1.82) is 0 Å². The molecule has 2 aromatic heterocycles. The third kappa shape index (κ3) is 4.93. The van der Waals surface area contributed by atoms with E-state index < -0.39 is 0 Å². The van der Waals surface area contributed by atoms with Gasteiger partial charge in [0, 0.05) is 44.5 Å². The number of hydrogen-bond donors (Lipinski definition) is 0. The van der Waals surface area contributed by atoms with Crippen molar-refractivity contribution in [2.24, 2.45) is 13.0 Å². The molecule has 1 amide bonds. The molecule has 3 aromatic rings. The molecule has 1 unspecified atom stereocenters. The van der Waals surface area contributed by atoms with E-state index in [-0.39, 0.29) is 5.91 Å². The third-order valence-corrected chi connectivity index (χ3v) is 6.70. The van der Waals surface area contributed by atoms with E-state index in [0.717, 1.165) is 44.6 Å². The van der Waals surface area contributed by atoms with Gasteiger partial charge in [0.15, 0.2) is 6.39 Å². The van der Waals surface area contributed by atoms with E-state index in [2.05, 4.69) is 65.5 Å². The van der Waals surface area contributed by atoms with Gasteiger partial charge in [-0.3, -0.25) is 14.4 Å². The van der Waals surface area contributed by atoms with Gasteiger partial charge in [-0.2, -0.15) is 5.10 Å². The first-order chi connectivity index (χ1) is 15.4. The van der Waals surface area contributed by atoms with Gasteiger partial charge >= 0.3 is 0 Å². The Labute approximate surface area is 190 Å². The molecule has 32 heavy (non-hydrogen) atoms. The topological polar surface area (TPSA) is 67.4 Å². The van der Waals surface area contributed by atoms with E-state index in [1.807, 2.05) is 23.6 Å². The number of hydrogen-bond acceptors (Lipinski definition) is 5. The number of benzene rings is 1. The van der Waals surface area contributed by atoms with Crippen LogP contribution in [-0.2, 0) is 20.0 Å². The molecule has 0 N–H and O–H groups in total. The molecular formula is C25H33N5O2. The summed E-state index contributed by atoms with van der Waals surface area (Å²) in [5.41, 5.74) is 4.36. The smallest absolute Gasteiger partial charge is 0.291 e. The minimum absolute atomic E-state index is 0.0441. The second-order valence-corrected chi connectivity index (χ2v) is 8.98. The monoisotopic (exact) mass is 435 g/mol. The molecule has 7 nitrogen and oxygen atoms in total. The fraction of sp³-hybridized carbons (Fsp3) is 0.480. The Kier molecular flexibility index (Phi) is 6.74. The molecule has 4 rings (SSSR count). The first-order valence-electron chi connectivity index (χ1n) is 11.3. The maximum atomic E-state index is 12.8. The lowest BCUT2D eigenvalue weighted by molar-refractivity contribution is 0.0573. The van der Waals surface area contributed by atoms with Crippen molar-refractivity contribution in [3.05, 3.63) is 71.2 Å². The van der Waals surface area contributed by atoms with E-state index >= 15 is 0 Å². The minimum Gasteiger partial charge on any atom is -0.438 e. The minimum atomic E-state index is -0.0441. The summed E-state index contributed by atoms with van der Waals surface area (Å²) in [5.74, 6) is 0.836. The molecule has 1 aromatic carbocycles. The summed E-state index contributed by atoms with van der Waals surface area (Å²) in [6.45, 7) is 6.25. The quantitative estimate of drug-likeness (QED) is 0.567. The van der Waals surface area contributed by atoms with Crippen LogP contribution >= 0.6 is 0 Å². The molecule has 0 spiro atoms. The Morgan fingerprint density at radius 2 is 1.91 bits per heavy atom. The van der Waals surface area contributed by atoms with Crippen LogP contribution in [0.15, 0.2) is 47.3 Å². The van der Waals surface area contributed by atoms with Crippen LogP contribution in [0.5, 0.6) is 0 Å². The van der Waals surface area contributed by atoms with Gasteiger partial charge in [0.25, 0.3) is 5.91 Å². The second-order valence-electron chi connectivity index (χ2n) is 8.98. The highest BCUT2D eigenvalue weighted by atomic mass is 16.3. The molecule has 1 saturated heterocycles. The van der Waals surface area contributed by atoms with E-state index in [9.17, 15) is 4.79 Å². The van der Waals surface area contributed by atoms with Crippen molar-refractivity contribution in [3.63, 3.8) is 0 Å². The van der Waals surface area contributed by atoms with Gasteiger partial charge in [0.1, 0.15) is 0 Å². The molecule has 3 heterocycles. The summed E-state index contributed by atoms with van der Waals surface area (Å²) in [6, 6.07) is 11.1. The molecule has 1 aliphatic rings. The summed E-state index contributed by atoms with van der Waals surface area (Å²) in [7, 11) is 4.19. The predicted octanol–water partition coefficient (Wildman–Crippen LogP) is 3.62. The van der Waals surface area contributed by atoms with Gasteiger partial charge in [0.2, 0.25) is 5.76 Å². The second kappa shape index (κ2) is 9.69. The van der Waals surface area contributed by atoms with Crippen molar-refractivity contribution in [3.8, 4) is 0 Å². The Hall–Kier alpha value is -2.93. The number of carbonyl (C=O) groups is 1. The summed E-state index contributed by atoms with van der Waals surface area (Å²) in [6.07, 6.45) is 6.42. The lowest BCUT2D eigenvalue weighted by Crippen LogP contribution is -2.46. The number of likely N-dealkylation sites (N-methyl/N-ethyl adjacent to an activating group) is 1. The molecule has 1 fully saturated rings. The number of amides is 1. The predicted molar refractivity (Wildman–Crippen MR) is 123 cm³/mol. The molecule has 1 aliphatic heterocycles. The Balaban J connectivity index is 1.47. The van der Waals surface area contributed by atoms with Gasteiger partial charge in [-0.25, -0.2) is 4.98 Å². The number of piperidine rings is 1. The first-order valence-corrected chi connectivity index (χ1v) is 11.3. The number of carbonyl (C=O) groups excluding carboxylic acids is 1. The van der Waals surface area contributed by atoms with Crippen LogP contribution in [-0.4, -0.2) is 56.7 Å². The van der Waals surface area contributed by atoms with Crippen LogP contribution in [0.4, 0.5) is 0 Å². The SMILES string of the molecule is Cc1nn(C)cc1CN(C)C(Cc1ccccc1)C1CCN(C(=O)c2ocnc2C)CC1. The van der Waals surface area contributed by atoms with Crippen LogP contribution in [0, 0.1) is 19.8 Å². The van der Waals surface area contributed by atoms with Crippen LogP contribution in [0.3, 0.4) is 0 Å². The fourth-order valence-corrected chi connectivity index (χ4v) is 4.87. The van der Waals surface area contributed by atoms with Crippen molar-refractivity contribution in [1.82, 2.24) is 24.6 Å².